The summed E-state index contributed by atoms with van der Waals surface area (Å²) < 4.78 is 9.56. The van der Waals surface area contributed by atoms with Crippen molar-refractivity contribution >= 4 is 5.97 Å². The van der Waals surface area contributed by atoms with E-state index >= 15 is 0 Å². The van der Waals surface area contributed by atoms with Gasteiger partial charge in [-0.05, 0) is 0 Å². The summed E-state index contributed by atoms with van der Waals surface area (Å²) in [4.78, 5) is 10.7. The number of aliphatic hydroxyl groups excluding tert-OH is 2. The van der Waals surface area contributed by atoms with E-state index in [1.165, 1.54) is 0 Å². The molecule has 2 rings (SSSR count). The molecular formula is C6H8O5. The Morgan fingerprint density at radius 2 is 2.18 bits per heavy atom. The first-order valence-corrected chi connectivity index (χ1v) is 3.38. The summed E-state index contributed by atoms with van der Waals surface area (Å²) in [5, 5.41) is 18.3. The van der Waals surface area contributed by atoms with Crippen LogP contribution in [0.3, 0.4) is 0 Å². The fourth-order valence-corrected chi connectivity index (χ4v) is 1.35. The van der Waals surface area contributed by atoms with Crippen LogP contribution in [0.4, 0.5) is 0 Å². The van der Waals surface area contributed by atoms with Gasteiger partial charge in [-0.15, -0.1) is 0 Å². The molecule has 0 aromatic heterocycles. The molecule has 2 heterocycles. The molecule has 2 aliphatic rings. The summed E-state index contributed by atoms with van der Waals surface area (Å²) in [6, 6.07) is 0. The number of carbonyl (C=O) groups excluding carboxylic acids is 1. The number of hydrogen-bond acceptors (Lipinski definition) is 5. The van der Waals surface area contributed by atoms with Crippen molar-refractivity contribution in [3.63, 3.8) is 0 Å². The maximum Gasteiger partial charge on any atom is 0.338 e. The van der Waals surface area contributed by atoms with E-state index in [2.05, 4.69) is 4.74 Å². The average Bonchev–Trinajstić information content (AvgIpc) is 2.23. The second-order valence-corrected chi connectivity index (χ2v) is 2.71. The molecule has 0 aliphatic carbocycles. The highest BCUT2D eigenvalue weighted by Crippen LogP contribution is 2.26. The van der Waals surface area contributed by atoms with E-state index in [-0.39, 0.29) is 6.61 Å². The number of aliphatic hydroxyl groups is 2. The van der Waals surface area contributed by atoms with Crippen molar-refractivity contribution in [2.24, 2.45) is 0 Å². The number of fused-ring (bicyclic) bond motifs is 2. The maximum absolute atomic E-state index is 10.7. The summed E-state index contributed by atoms with van der Waals surface area (Å²) in [6.07, 6.45) is -3.58. The van der Waals surface area contributed by atoms with Crippen molar-refractivity contribution in [3.05, 3.63) is 0 Å². The van der Waals surface area contributed by atoms with Gasteiger partial charge < -0.3 is 19.7 Å². The monoisotopic (exact) mass is 160 g/mol. The van der Waals surface area contributed by atoms with Crippen LogP contribution in [0, 0.1) is 0 Å². The third-order valence-electron chi connectivity index (χ3n) is 1.99. The number of hydrogen-bond donors (Lipinski definition) is 2. The van der Waals surface area contributed by atoms with Gasteiger partial charge in [0.1, 0.15) is 12.2 Å². The lowest BCUT2D eigenvalue weighted by Crippen LogP contribution is -2.50. The van der Waals surface area contributed by atoms with E-state index in [9.17, 15) is 9.90 Å². The highest BCUT2D eigenvalue weighted by atomic mass is 16.6. The first kappa shape index (κ1) is 7.02. The molecule has 5 heteroatoms. The fourth-order valence-electron chi connectivity index (χ4n) is 1.35. The lowest BCUT2D eigenvalue weighted by atomic mass is 10.0. The first-order chi connectivity index (χ1) is 5.20. The van der Waals surface area contributed by atoms with Crippen molar-refractivity contribution in [2.75, 3.05) is 6.61 Å². The van der Waals surface area contributed by atoms with E-state index in [0.717, 1.165) is 0 Å². The standard InChI is InChI=1S/C6H8O5/c7-3-2-1-10-5(3)4(8)6(9)11-2/h2-5,7-8H,1H2/t2-,3+,4-,5+/m0/s1. The summed E-state index contributed by atoms with van der Waals surface area (Å²) in [6.45, 7) is 0.175. The van der Waals surface area contributed by atoms with Gasteiger partial charge in [-0.25, -0.2) is 4.79 Å². The lowest BCUT2D eigenvalue weighted by molar-refractivity contribution is -0.178. The molecular weight excluding hydrogens is 152 g/mol. The summed E-state index contributed by atoms with van der Waals surface area (Å²) in [7, 11) is 0. The zero-order valence-electron chi connectivity index (χ0n) is 5.64. The van der Waals surface area contributed by atoms with E-state index in [4.69, 9.17) is 9.84 Å². The molecule has 0 saturated carbocycles. The Kier molecular flexibility index (Phi) is 1.38. The van der Waals surface area contributed by atoms with E-state index in [1.54, 1.807) is 0 Å². The largest absolute Gasteiger partial charge is 0.455 e. The molecule has 62 valence electrons. The third kappa shape index (κ3) is 0.852. The average molecular weight is 160 g/mol. The minimum Gasteiger partial charge on any atom is -0.455 e. The quantitative estimate of drug-likeness (QED) is 0.402. The Morgan fingerprint density at radius 1 is 1.45 bits per heavy atom. The normalized spacial score (nSPS) is 49.1. The highest BCUT2D eigenvalue weighted by Gasteiger charge is 2.50. The number of esters is 1. The van der Waals surface area contributed by atoms with Crippen LogP contribution in [0.2, 0.25) is 0 Å². The zero-order chi connectivity index (χ0) is 8.01. The second kappa shape index (κ2) is 2.17. The van der Waals surface area contributed by atoms with Crippen molar-refractivity contribution in [1.82, 2.24) is 0 Å². The van der Waals surface area contributed by atoms with Gasteiger partial charge in [-0.3, -0.25) is 0 Å². The fraction of sp³-hybridized carbons (Fsp3) is 0.833. The predicted molar refractivity (Wildman–Crippen MR) is 31.6 cm³/mol. The summed E-state index contributed by atoms with van der Waals surface area (Å²) in [5.74, 6) is -0.706. The van der Waals surface area contributed by atoms with Gasteiger partial charge in [0.2, 0.25) is 0 Å². The van der Waals surface area contributed by atoms with Crippen LogP contribution < -0.4 is 0 Å². The number of ether oxygens (including phenoxy) is 2. The van der Waals surface area contributed by atoms with E-state index < -0.39 is 30.4 Å². The smallest absolute Gasteiger partial charge is 0.338 e. The molecule has 4 atom stereocenters. The number of carbonyl (C=O) groups is 1. The molecule has 2 bridgehead atoms. The summed E-state index contributed by atoms with van der Waals surface area (Å²) in [5.41, 5.74) is 0. The van der Waals surface area contributed by atoms with Crippen LogP contribution in [0.25, 0.3) is 0 Å². The van der Waals surface area contributed by atoms with E-state index in [1.807, 2.05) is 0 Å². The van der Waals surface area contributed by atoms with Gasteiger partial charge in [0, 0.05) is 0 Å². The van der Waals surface area contributed by atoms with Crippen LogP contribution in [-0.2, 0) is 14.3 Å². The van der Waals surface area contributed by atoms with Gasteiger partial charge in [0.05, 0.1) is 6.61 Å². The molecule has 0 spiro atoms. The Morgan fingerprint density at radius 3 is 2.91 bits per heavy atom. The Bertz CT molecular complexity index is 191. The zero-order valence-corrected chi connectivity index (χ0v) is 5.64. The van der Waals surface area contributed by atoms with Crippen LogP contribution >= 0.6 is 0 Å². The van der Waals surface area contributed by atoms with Crippen molar-refractivity contribution in [3.8, 4) is 0 Å². The van der Waals surface area contributed by atoms with Gasteiger partial charge >= 0.3 is 5.97 Å². The molecule has 2 N–H and O–H groups in total. The van der Waals surface area contributed by atoms with E-state index in [0.29, 0.717) is 0 Å². The number of rotatable bonds is 0. The van der Waals surface area contributed by atoms with Crippen molar-refractivity contribution in [2.45, 2.75) is 24.4 Å². The molecule has 5 nitrogen and oxygen atoms in total. The molecule has 2 fully saturated rings. The van der Waals surface area contributed by atoms with Gasteiger partial charge in [-0.2, -0.15) is 0 Å². The van der Waals surface area contributed by atoms with Crippen molar-refractivity contribution < 1.29 is 24.5 Å². The topological polar surface area (TPSA) is 76.0 Å². The molecule has 0 aromatic rings. The van der Waals surface area contributed by atoms with Gasteiger partial charge in [-0.1, -0.05) is 0 Å². The van der Waals surface area contributed by atoms with Gasteiger partial charge in [0.15, 0.2) is 12.2 Å². The Balaban J connectivity index is 2.22. The predicted octanol–water partition coefficient (Wildman–Crippen LogP) is -1.97. The van der Waals surface area contributed by atoms with Crippen LogP contribution in [0.15, 0.2) is 0 Å². The minimum absolute atomic E-state index is 0.175. The minimum atomic E-state index is -1.33. The van der Waals surface area contributed by atoms with Gasteiger partial charge in [0.25, 0.3) is 0 Å². The lowest BCUT2D eigenvalue weighted by Gasteiger charge is -2.26. The molecule has 2 aliphatic heterocycles. The Labute approximate surface area is 62.5 Å². The molecule has 11 heavy (non-hydrogen) atoms. The second-order valence-electron chi connectivity index (χ2n) is 2.71. The van der Waals surface area contributed by atoms with Crippen LogP contribution in [-0.4, -0.2) is 47.2 Å². The maximum atomic E-state index is 10.7. The molecule has 2 saturated heterocycles. The first-order valence-electron chi connectivity index (χ1n) is 3.38. The van der Waals surface area contributed by atoms with Crippen LogP contribution in [0.1, 0.15) is 0 Å². The summed E-state index contributed by atoms with van der Waals surface area (Å²) >= 11 is 0. The van der Waals surface area contributed by atoms with Crippen molar-refractivity contribution in [1.29, 1.82) is 0 Å². The molecule has 0 amide bonds. The highest BCUT2D eigenvalue weighted by molar-refractivity contribution is 5.76. The molecule has 0 aromatic carbocycles. The Hall–Kier alpha value is -0.650. The third-order valence-corrected chi connectivity index (χ3v) is 1.99. The SMILES string of the molecule is O=C1O[C@H]2CO[C@H]([C@@H]2O)[C@@H]1O. The molecule has 0 unspecified atom stereocenters. The van der Waals surface area contributed by atoms with Crippen LogP contribution in [0.5, 0.6) is 0 Å². The molecule has 0 radical (unpaired) electrons.